The third kappa shape index (κ3) is 8.23. The molecule has 0 aliphatic carbocycles. The van der Waals surface area contributed by atoms with E-state index >= 15 is 0 Å². The van der Waals surface area contributed by atoms with E-state index in [4.69, 9.17) is 4.74 Å². The zero-order valence-electron chi connectivity index (χ0n) is 22.5. The number of non-ortho nitro benzene ring substituents is 1. The summed E-state index contributed by atoms with van der Waals surface area (Å²) in [5.74, 6) is -1.11. The number of amides is 5. The molecule has 5 amide bonds. The number of rotatable bonds is 10. The molecule has 2 aliphatic rings. The van der Waals surface area contributed by atoms with E-state index in [1.807, 2.05) is 0 Å². The monoisotopic (exact) mass is 545 g/mol. The summed E-state index contributed by atoms with van der Waals surface area (Å²) in [6.45, 7) is 7.10. The molecule has 2 N–H and O–H groups in total. The van der Waals surface area contributed by atoms with Crippen LogP contribution in [0.3, 0.4) is 0 Å². The van der Waals surface area contributed by atoms with Crippen LogP contribution in [0.2, 0.25) is 0 Å². The molecule has 3 rings (SSSR count). The van der Waals surface area contributed by atoms with E-state index in [2.05, 4.69) is 10.6 Å². The number of fused-ring (bicyclic) bond motifs is 1. The van der Waals surface area contributed by atoms with Crippen molar-refractivity contribution < 1.29 is 33.6 Å². The summed E-state index contributed by atoms with van der Waals surface area (Å²) in [7, 11) is 0. The zero-order chi connectivity index (χ0) is 28.7. The fourth-order valence-corrected chi connectivity index (χ4v) is 4.47. The Kier molecular flexibility index (Phi) is 9.60. The smallest absolute Gasteiger partial charge is 0.407 e. The maximum atomic E-state index is 12.7. The first-order valence-corrected chi connectivity index (χ1v) is 13.0. The van der Waals surface area contributed by atoms with E-state index in [0.717, 1.165) is 23.8 Å². The van der Waals surface area contributed by atoms with Crippen molar-refractivity contribution in [1.29, 1.82) is 0 Å². The van der Waals surface area contributed by atoms with E-state index in [0.29, 0.717) is 26.1 Å². The van der Waals surface area contributed by atoms with Gasteiger partial charge in [-0.1, -0.05) is 0 Å². The number of nitro benzene ring substituents is 1. The normalized spacial score (nSPS) is 15.7. The molecule has 0 aromatic heterocycles. The molecule has 0 unspecified atom stereocenters. The number of nitro groups is 1. The summed E-state index contributed by atoms with van der Waals surface area (Å²) in [5.41, 5.74) is -0.724. The molecule has 0 radical (unpaired) electrons. The van der Waals surface area contributed by atoms with Crippen molar-refractivity contribution >= 4 is 35.4 Å². The largest absolute Gasteiger partial charge is 0.444 e. The van der Waals surface area contributed by atoms with Crippen molar-refractivity contribution in [2.75, 3.05) is 32.7 Å². The summed E-state index contributed by atoms with van der Waals surface area (Å²) in [4.78, 5) is 74.6. The molecule has 2 aliphatic heterocycles. The predicted octanol–water partition coefficient (Wildman–Crippen LogP) is 2.24. The highest BCUT2D eigenvalue weighted by Gasteiger charge is 2.36. The van der Waals surface area contributed by atoms with Crippen LogP contribution < -0.4 is 10.6 Å². The number of hydrogen-bond donors (Lipinski definition) is 2. The molecule has 2 heterocycles. The minimum Gasteiger partial charge on any atom is -0.444 e. The first kappa shape index (κ1) is 29.5. The number of imide groups is 1. The van der Waals surface area contributed by atoms with Gasteiger partial charge < -0.3 is 20.3 Å². The van der Waals surface area contributed by atoms with Gasteiger partial charge >= 0.3 is 6.09 Å². The summed E-state index contributed by atoms with van der Waals surface area (Å²) in [6.07, 6.45) is 1.50. The standard InChI is InChI=1S/C26H35N5O8/c1-26(2,3)39-25(36)27-11-8-21(32)28-16-17-9-13-29(14-10-17)22(33)5-4-12-30-23(34)19-7-6-18(31(37)38)15-20(19)24(30)35/h6-7,15,17H,4-5,8-14,16H2,1-3H3,(H,27,36)(H,28,32). The van der Waals surface area contributed by atoms with Crippen molar-refractivity contribution in [3.63, 3.8) is 0 Å². The Hall–Kier alpha value is -4.03. The highest BCUT2D eigenvalue weighted by Crippen LogP contribution is 2.27. The van der Waals surface area contributed by atoms with Gasteiger partial charge in [0.05, 0.1) is 16.1 Å². The Morgan fingerprint density at radius 2 is 1.72 bits per heavy atom. The summed E-state index contributed by atoms with van der Waals surface area (Å²) < 4.78 is 5.12. The van der Waals surface area contributed by atoms with Crippen LogP contribution in [0.15, 0.2) is 18.2 Å². The van der Waals surface area contributed by atoms with Crippen LogP contribution in [0.4, 0.5) is 10.5 Å². The number of ether oxygens (including phenoxy) is 1. The van der Waals surface area contributed by atoms with Crippen molar-refractivity contribution in [2.24, 2.45) is 5.92 Å². The van der Waals surface area contributed by atoms with Gasteiger partial charge in [0.1, 0.15) is 5.60 Å². The fraction of sp³-hybridized carbons (Fsp3) is 0.577. The number of likely N-dealkylation sites (tertiary alicyclic amines) is 1. The van der Waals surface area contributed by atoms with Gasteiger partial charge in [0.25, 0.3) is 17.5 Å². The summed E-state index contributed by atoms with van der Waals surface area (Å²) in [5, 5.41) is 16.4. The van der Waals surface area contributed by atoms with Crippen molar-refractivity contribution in [3.8, 4) is 0 Å². The SMILES string of the molecule is CC(C)(C)OC(=O)NCCC(=O)NCC1CCN(C(=O)CCCN2C(=O)c3ccc([N+](=O)[O-])cc3C2=O)CC1. The molecule has 0 atom stereocenters. The molecule has 13 heteroatoms. The van der Waals surface area contributed by atoms with Gasteiger partial charge in [-0.15, -0.1) is 0 Å². The maximum Gasteiger partial charge on any atom is 0.407 e. The van der Waals surface area contributed by atoms with Crippen LogP contribution in [0.5, 0.6) is 0 Å². The second-order valence-corrected chi connectivity index (χ2v) is 10.7. The highest BCUT2D eigenvalue weighted by atomic mass is 16.6. The molecule has 0 spiro atoms. The minimum absolute atomic E-state index is 0.00833. The van der Waals surface area contributed by atoms with Crippen LogP contribution in [0.1, 0.15) is 73.6 Å². The van der Waals surface area contributed by atoms with E-state index < -0.39 is 28.4 Å². The lowest BCUT2D eigenvalue weighted by Crippen LogP contribution is -2.42. The third-order valence-corrected chi connectivity index (χ3v) is 6.51. The lowest BCUT2D eigenvalue weighted by Gasteiger charge is -2.32. The molecule has 13 nitrogen and oxygen atoms in total. The highest BCUT2D eigenvalue weighted by molar-refractivity contribution is 6.21. The van der Waals surface area contributed by atoms with Gasteiger partial charge in [0.15, 0.2) is 0 Å². The number of carbonyl (C=O) groups is 5. The number of benzene rings is 1. The first-order valence-electron chi connectivity index (χ1n) is 13.0. The molecular weight excluding hydrogens is 510 g/mol. The van der Waals surface area contributed by atoms with E-state index in [9.17, 15) is 34.1 Å². The Balaban J connectivity index is 1.32. The van der Waals surface area contributed by atoms with Crippen LogP contribution in [0.25, 0.3) is 0 Å². The lowest BCUT2D eigenvalue weighted by atomic mass is 9.96. The number of nitrogens with one attached hydrogen (secondary N) is 2. The van der Waals surface area contributed by atoms with Crippen molar-refractivity contribution in [2.45, 2.75) is 58.5 Å². The maximum absolute atomic E-state index is 12.7. The molecule has 1 saturated heterocycles. The number of piperidine rings is 1. The molecule has 39 heavy (non-hydrogen) atoms. The number of alkyl carbamates (subject to hydrolysis) is 1. The van der Waals surface area contributed by atoms with Crippen molar-refractivity contribution in [3.05, 3.63) is 39.4 Å². The molecule has 0 bridgehead atoms. The van der Waals surface area contributed by atoms with Crippen LogP contribution in [-0.2, 0) is 14.3 Å². The number of nitrogens with zero attached hydrogens (tertiary/aromatic N) is 3. The molecule has 1 aromatic rings. The summed E-state index contributed by atoms with van der Waals surface area (Å²) in [6, 6.07) is 3.58. The van der Waals surface area contributed by atoms with Gasteiger partial charge in [-0.3, -0.25) is 34.2 Å². The van der Waals surface area contributed by atoms with Gasteiger partial charge in [-0.05, 0) is 52.0 Å². The van der Waals surface area contributed by atoms with E-state index in [-0.39, 0.29) is 60.5 Å². The van der Waals surface area contributed by atoms with E-state index in [1.165, 1.54) is 12.1 Å². The first-order chi connectivity index (χ1) is 18.4. The third-order valence-electron chi connectivity index (χ3n) is 6.51. The average Bonchev–Trinajstić information content (AvgIpc) is 3.11. The number of carbonyl (C=O) groups excluding carboxylic acids is 5. The Morgan fingerprint density at radius 1 is 1.05 bits per heavy atom. The number of hydrogen-bond acceptors (Lipinski definition) is 8. The minimum atomic E-state index is -0.622. The van der Waals surface area contributed by atoms with Crippen molar-refractivity contribution in [1.82, 2.24) is 20.4 Å². The average molecular weight is 546 g/mol. The zero-order valence-corrected chi connectivity index (χ0v) is 22.5. The quantitative estimate of drug-likeness (QED) is 0.256. The Labute approximate surface area is 226 Å². The van der Waals surface area contributed by atoms with Gasteiger partial charge in [-0.25, -0.2) is 4.79 Å². The second kappa shape index (κ2) is 12.7. The summed E-state index contributed by atoms with van der Waals surface area (Å²) >= 11 is 0. The van der Waals surface area contributed by atoms with E-state index in [1.54, 1.807) is 25.7 Å². The molecule has 212 valence electrons. The second-order valence-electron chi connectivity index (χ2n) is 10.7. The molecular formula is C26H35N5O8. The predicted molar refractivity (Wildman–Crippen MR) is 139 cm³/mol. The Bertz CT molecular complexity index is 1140. The van der Waals surface area contributed by atoms with Gasteiger partial charge in [-0.2, -0.15) is 0 Å². The fourth-order valence-electron chi connectivity index (χ4n) is 4.47. The Morgan fingerprint density at radius 3 is 2.36 bits per heavy atom. The van der Waals surface area contributed by atoms with Gasteiger partial charge in [0, 0.05) is 57.7 Å². The molecule has 1 aromatic carbocycles. The molecule has 0 saturated carbocycles. The topological polar surface area (TPSA) is 168 Å². The van der Waals surface area contributed by atoms with Crippen LogP contribution >= 0.6 is 0 Å². The van der Waals surface area contributed by atoms with Crippen LogP contribution in [-0.4, -0.2) is 82.8 Å². The molecule has 1 fully saturated rings. The van der Waals surface area contributed by atoms with Gasteiger partial charge in [0.2, 0.25) is 11.8 Å². The van der Waals surface area contributed by atoms with Crippen LogP contribution in [0, 0.1) is 16.0 Å². The lowest BCUT2D eigenvalue weighted by molar-refractivity contribution is -0.384.